The van der Waals surface area contributed by atoms with Crippen LogP contribution >= 0.6 is 0 Å². The Morgan fingerprint density at radius 3 is 2.38 bits per heavy atom. The van der Waals surface area contributed by atoms with Crippen molar-refractivity contribution in [3.8, 4) is 22.8 Å². The minimum absolute atomic E-state index is 0.0603. The fraction of sp³-hybridized carbons (Fsp3) is 0.486. The van der Waals surface area contributed by atoms with E-state index in [0.717, 1.165) is 42.5 Å². The van der Waals surface area contributed by atoms with Crippen LogP contribution < -0.4 is 20.1 Å². The van der Waals surface area contributed by atoms with E-state index in [4.69, 9.17) is 14.6 Å². The van der Waals surface area contributed by atoms with E-state index in [1.54, 1.807) is 27.3 Å². The highest BCUT2D eigenvalue weighted by atomic mass is 16.5. The van der Waals surface area contributed by atoms with Gasteiger partial charge in [0, 0.05) is 26.6 Å². The van der Waals surface area contributed by atoms with Crippen LogP contribution in [-0.2, 0) is 16.2 Å². The van der Waals surface area contributed by atoms with Gasteiger partial charge in [0.1, 0.15) is 18.1 Å². The number of aromatic nitrogens is 2. The van der Waals surface area contributed by atoms with Crippen LogP contribution in [0.15, 0.2) is 54.6 Å². The first-order valence-corrected chi connectivity index (χ1v) is 15.9. The minimum Gasteiger partial charge on any atom is -0.496 e. The lowest BCUT2D eigenvalue weighted by Gasteiger charge is -2.25. The molecule has 1 fully saturated rings. The summed E-state index contributed by atoms with van der Waals surface area (Å²) >= 11 is 0. The van der Waals surface area contributed by atoms with Crippen LogP contribution in [0.5, 0.6) is 11.5 Å². The van der Waals surface area contributed by atoms with Gasteiger partial charge in [0.25, 0.3) is 5.91 Å². The van der Waals surface area contributed by atoms with E-state index >= 15 is 0 Å². The second kappa shape index (κ2) is 16.1. The van der Waals surface area contributed by atoms with Gasteiger partial charge in [0.05, 0.1) is 31.0 Å². The number of amides is 3. The lowest BCUT2D eigenvalue weighted by atomic mass is 9.95. The Kier molecular flexibility index (Phi) is 12.0. The van der Waals surface area contributed by atoms with Gasteiger partial charge < -0.3 is 25.0 Å². The molecule has 4 rings (SSSR count). The summed E-state index contributed by atoms with van der Waals surface area (Å²) < 4.78 is 14.1. The second-order valence-corrected chi connectivity index (χ2v) is 12.3. The lowest BCUT2D eigenvalue weighted by molar-refractivity contribution is -0.131. The molecule has 10 nitrogen and oxygen atoms in total. The third-order valence-corrected chi connectivity index (χ3v) is 8.05. The third kappa shape index (κ3) is 9.33. The van der Waals surface area contributed by atoms with Crippen LogP contribution in [0, 0.1) is 5.92 Å². The van der Waals surface area contributed by atoms with Gasteiger partial charge in [-0.25, -0.2) is 0 Å². The number of carbonyl (C=O) groups excluding carboxylic acids is 3. The first-order valence-electron chi connectivity index (χ1n) is 15.9. The molecule has 242 valence electrons. The Morgan fingerprint density at radius 1 is 1.00 bits per heavy atom. The van der Waals surface area contributed by atoms with Crippen LogP contribution in [0.1, 0.15) is 80.9 Å². The SMILES string of the molecule is COc1cccc(OCc2ccccc2)c1-c1cc(C(=O)N[C@H](CC(=O)NCC(=O)N(C)C)CC(C)C)nn1C1CCCCC1. The molecular formula is C35H47N5O5. The number of methoxy groups -OCH3 is 1. The topological polar surface area (TPSA) is 115 Å². The van der Waals surface area contributed by atoms with Crippen molar-refractivity contribution in [1.82, 2.24) is 25.3 Å². The molecule has 3 aromatic rings. The maximum atomic E-state index is 13.8. The lowest BCUT2D eigenvalue weighted by Crippen LogP contribution is -2.42. The molecule has 0 saturated heterocycles. The smallest absolute Gasteiger partial charge is 0.272 e. The van der Waals surface area contributed by atoms with E-state index in [0.29, 0.717) is 24.5 Å². The monoisotopic (exact) mass is 617 g/mol. The van der Waals surface area contributed by atoms with Gasteiger partial charge in [-0.05, 0) is 48.9 Å². The normalized spacial score (nSPS) is 14.1. The predicted octanol–water partition coefficient (Wildman–Crippen LogP) is 5.38. The molecule has 3 amide bonds. The number of likely N-dealkylation sites (N-methyl/N-ethyl adjacent to an activating group) is 1. The molecule has 1 saturated carbocycles. The van der Waals surface area contributed by atoms with Gasteiger partial charge in [0.2, 0.25) is 11.8 Å². The van der Waals surface area contributed by atoms with Crippen molar-refractivity contribution in [2.24, 2.45) is 5.92 Å². The largest absolute Gasteiger partial charge is 0.496 e. The second-order valence-electron chi connectivity index (χ2n) is 12.3. The van der Waals surface area contributed by atoms with E-state index in [9.17, 15) is 14.4 Å². The summed E-state index contributed by atoms with van der Waals surface area (Å²) in [5.41, 5.74) is 2.82. The number of carbonyl (C=O) groups is 3. The Bertz CT molecular complexity index is 1430. The highest BCUT2D eigenvalue weighted by Crippen LogP contribution is 2.42. The number of rotatable bonds is 14. The maximum Gasteiger partial charge on any atom is 0.272 e. The quantitative estimate of drug-likeness (QED) is 0.251. The van der Waals surface area contributed by atoms with Crippen molar-refractivity contribution in [3.05, 3.63) is 65.9 Å². The molecule has 0 aliphatic heterocycles. The zero-order valence-corrected chi connectivity index (χ0v) is 27.2. The Hall–Kier alpha value is -4.34. The minimum atomic E-state index is -0.425. The molecule has 2 N–H and O–H groups in total. The van der Waals surface area contributed by atoms with Gasteiger partial charge in [-0.15, -0.1) is 0 Å². The summed E-state index contributed by atoms with van der Waals surface area (Å²) in [4.78, 5) is 39.9. The zero-order valence-electron chi connectivity index (χ0n) is 27.2. The standard InChI is InChI=1S/C35H47N5O5/c1-24(2)19-26(20-32(41)36-22-33(42)39(3)4)37-35(43)28-21-29(40(38-28)27-15-10-7-11-16-27)34-30(44-5)17-12-18-31(34)45-23-25-13-8-6-9-14-25/h6,8-9,12-14,17-18,21,24,26-27H,7,10-11,15-16,19-20,22-23H2,1-5H3,(H,36,41)(H,37,43)/t26-/m0/s1. The molecule has 2 aromatic carbocycles. The third-order valence-electron chi connectivity index (χ3n) is 8.05. The highest BCUT2D eigenvalue weighted by Gasteiger charge is 2.28. The number of nitrogens with zero attached hydrogens (tertiary/aromatic N) is 3. The van der Waals surface area contributed by atoms with Gasteiger partial charge in [-0.1, -0.05) is 69.5 Å². The molecule has 0 spiro atoms. The first kappa shape index (κ1) is 33.6. The zero-order chi connectivity index (χ0) is 32.3. The van der Waals surface area contributed by atoms with Gasteiger partial charge >= 0.3 is 0 Å². The number of hydrogen-bond acceptors (Lipinski definition) is 6. The van der Waals surface area contributed by atoms with Crippen LogP contribution in [0.25, 0.3) is 11.3 Å². The van der Waals surface area contributed by atoms with Crippen molar-refractivity contribution in [2.45, 2.75) is 77.5 Å². The average Bonchev–Trinajstić information content (AvgIpc) is 3.48. The number of hydrogen-bond donors (Lipinski definition) is 2. The Labute approximate surface area is 266 Å². The molecule has 1 aliphatic rings. The van der Waals surface area contributed by atoms with Gasteiger partial charge in [-0.3, -0.25) is 19.1 Å². The van der Waals surface area contributed by atoms with E-state index in [1.807, 2.05) is 67.1 Å². The van der Waals surface area contributed by atoms with Gasteiger partial charge in [-0.2, -0.15) is 5.10 Å². The summed E-state index contributed by atoms with van der Waals surface area (Å²) in [7, 11) is 4.91. The number of ether oxygens (including phenoxy) is 2. The maximum absolute atomic E-state index is 13.8. The van der Waals surface area contributed by atoms with Crippen molar-refractivity contribution < 1.29 is 23.9 Å². The first-order chi connectivity index (χ1) is 21.7. The van der Waals surface area contributed by atoms with Crippen molar-refractivity contribution in [2.75, 3.05) is 27.7 Å². The molecule has 1 aromatic heterocycles. The molecule has 0 bridgehead atoms. The summed E-state index contributed by atoms with van der Waals surface area (Å²) in [6.07, 6.45) is 5.96. The molecule has 10 heteroatoms. The molecule has 0 unspecified atom stereocenters. The molecular weight excluding hydrogens is 570 g/mol. The fourth-order valence-corrected chi connectivity index (χ4v) is 5.74. The van der Waals surface area contributed by atoms with E-state index < -0.39 is 6.04 Å². The van der Waals surface area contributed by atoms with E-state index in [-0.39, 0.29) is 48.3 Å². The van der Waals surface area contributed by atoms with Gasteiger partial charge in [0.15, 0.2) is 5.69 Å². The predicted molar refractivity (Wildman–Crippen MR) is 174 cm³/mol. The molecule has 1 aliphatic carbocycles. The summed E-state index contributed by atoms with van der Waals surface area (Å²) in [5.74, 6) is 0.667. The summed E-state index contributed by atoms with van der Waals surface area (Å²) in [6, 6.07) is 17.2. The average molecular weight is 618 g/mol. The number of nitrogens with one attached hydrogen (secondary N) is 2. The fourth-order valence-electron chi connectivity index (χ4n) is 5.74. The Balaban J connectivity index is 1.63. The highest BCUT2D eigenvalue weighted by molar-refractivity contribution is 5.94. The molecule has 1 atom stereocenters. The van der Waals surface area contributed by atoms with Crippen molar-refractivity contribution in [3.63, 3.8) is 0 Å². The number of benzene rings is 2. The van der Waals surface area contributed by atoms with Crippen LogP contribution in [0.4, 0.5) is 0 Å². The molecule has 1 heterocycles. The Morgan fingerprint density at radius 2 is 1.71 bits per heavy atom. The summed E-state index contributed by atoms with van der Waals surface area (Å²) in [5, 5.41) is 10.6. The molecule has 0 radical (unpaired) electrons. The van der Waals surface area contributed by atoms with Crippen molar-refractivity contribution >= 4 is 17.7 Å². The van der Waals surface area contributed by atoms with E-state index in [1.165, 1.54) is 11.3 Å². The van der Waals surface area contributed by atoms with Crippen LogP contribution in [0.3, 0.4) is 0 Å². The van der Waals surface area contributed by atoms with Crippen molar-refractivity contribution in [1.29, 1.82) is 0 Å². The van der Waals surface area contributed by atoms with Crippen LogP contribution in [-0.4, -0.2) is 66.2 Å². The van der Waals surface area contributed by atoms with E-state index in [2.05, 4.69) is 10.6 Å². The van der Waals surface area contributed by atoms with Crippen LogP contribution in [0.2, 0.25) is 0 Å². The summed E-state index contributed by atoms with van der Waals surface area (Å²) in [6.45, 7) is 4.38. The molecule has 45 heavy (non-hydrogen) atoms.